The van der Waals surface area contributed by atoms with E-state index in [2.05, 4.69) is 24.2 Å². The number of piperidine rings is 1. The van der Waals surface area contributed by atoms with Crippen LogP contribution in [0.4, 0.5) is 0 Å². The van der Waals surface area contributed by atoms with Gasteiger partial charge in [0.05, 0.1) is 6.54 Å². The molecule has 1 aliphatic heterocycles. The second-order valence-corrected chi connectivity index (χ2v) is 4.61. The van der Waals surface area contributed by atoms with E-state index in [1.165, 1.54) is 0 Å². The van der Waals surface area contributed by atoms with Crippen molar-refractivity contribution in [2.24, 2.45) is 5.41 Å². The Morgan fingerprint density at radius 3 is 2.57 bits per heavy atom. The Labute approximate surface area is 85.3 Å². The molecule has 2 N–H and O–H groups in total. The van der Waals surface area contributed by atoms with Crippen molar-refractivity contribution in [3.63, 3.8) is 0 Å². The van der Waals surface area contributed by atoms with Crippen LogP contribution in [0.15, 0.2) is 0 Å². The molecule has 0 radical (unpaired) electrons. The van der Waals surface area contributed by atoms with Crippen LogP contribution in [0.1, 0.15) is 19.8 Å². The summed E-state index contributed by atoms with van der Waals surface area (Å²) in [6.45, 7) is 5.35. The number of hydrogen-bond acceptors (Lipinski definition) is 3. The number of carboxylic acids is 1. The predicted octanol–water partition coefficient (Wildman–Crippen LogP) is 0.393. The molecule has 0 aliphatic carbocycles. The highest BCUT2D eigenvalue weighted by atomic mass is 16.4. The molecule has 0 aromatic carbocycles. The Balaban J connectivity index is 2.25. The number of hydrogen-bond donors (Lipinski definition) is 2. The van der Waals surface area contributed by atoms with Crippen molar-refractivity contribution in [3.05, 3.63) is 0 Å². The molecule has 1 heterocycles. The molecule has 4 nitrogen and oxygen atoms in total. The Kier molecular flexibility index (Phi) is 3.89. The lowest BCUT2D eigenvalue weighted by atomic mass is 9.80. The average Bonchev–Trinajstić information content (AvgIpc) is 2.10. The van der Waals surface area contributed by atoms with Crippen molar-refractivity contribution >= 4 is 5.97 Å². The van der Waals surface area contributed by atoms with Crippen LogP contribution in [-0.2, 0) is 4.79 Å². The van der Waals surface area contributed by atoms with Gasteiger partial charge in [0.15, 0.2) is 0 Å². The summed E-state index contributed by atoms with van der Waals surface area (Å²) in [5, 5.41) is 11.5. The van der Waals surface area contributed by atoms with Gasteiger partial charge in [-0.25, -0.2) is 0 Å². The van der Waals surface area contributed by atoms with Crippen molar-refractivity contribution in [1.82, 2.24) is 10.2 Å². The molecule has 0 unspecified atom stereocenters. The van der Waals surface area contributed by atoms with Crippen LogP contribution in [0, 0.1) is 5.41 Å². The van der Waals surface area contributed by atoms with Gasteiger partial charge in [0, 0.05) is 6.54 Å². The number of carbonyl (C=O) groups is 1. The zero-order chi connectivity index (χ0) is 10.6. The van der Waals surface area contributed by atoms with Crippen molar-refractivity contribution in [1.29, 1.82) is 0 Å². The van der Waals surface area contributed by atoms with Crippen LogP contribution in [0.2, 0.25) is 0 Å². The van der Waals surface area contributed by atoms with Gasteiger partial charge in [-0.1, -0.05) is 6.92 Å². The van der Waals surface area contributed by atoms with Gasteiger partial charge in [-0.15, -0.1) is 0 Å². The van der Waals surface area contributed by atoms with E-state index in [4.69, 9.17) is 5.11 Å². The second kappa shape index (κ2) is 4.75. The van der Waals surface area contributed by atoms with Crippen molar-refractivity contribution in [2.75, 3.05) is 33.2 Å². The number of likely N-dealkylation sites (tertiary alicyclic amines) is 1. The fraction of sp³-hybridized carbons (Fsp3) is 0.900. The summed E-state index contributed by atoms with van der Waals surface area (Å²) >= 11 is 0. The first kappa shape index (κ1) is 11.5. The lowest BCUT2D eigenvalue weighted by molar-refractivity contribution is -0.136. The summed E-state index contributed by atoms with van der Waals surface area (Å²) in [6.07, 6.45) is 2.30. The van der Waals surface area contributed by atoms with Crippen molar-refractivity contribution in [2.45, 2.75) is 19.8 Å². The summed E-state index contributed by atoms with van der Waals surface area (Å²) in [5.41, 5.74) is 0.280. The maximum Gasteiger partial charge on any atom is 0.317 e. The molecule has 1 rings (SSSR count). The summed E-state index contributed by atoms with van der Waals surface area (Å²) in [6, 6.07) is 0. The fourth-order valence-electron chi connectivity index (χ4n) is 1.81. The largest absolute Gasteiger partial charge is 0.480 e. The second-order valence-electron chi connectivity index (χ2n) is 4.61. The van der Waals surface area contributed by atoms with Gasteiger partial charge in [-0.05, 0) is 38.4 Å². The molecule has 1 fully saturated rings. The van der Waals surface area contributed by atoms with E-state index in [0.29, 0.717) is 0 Å². The Hall–Kier alpha value is -0.610. The molecular weight excluding hydrogens is 180 g/mol. The van der Waals surface area contributed by atoms with Crippen LogP contribution in [0.25, 0.3) is 0 Å². The van der Waals surface area contributed by atoms with Crippen LogP contribution >= 0.6 is 0 Å². The standard InChI is InChI=1S/C10H20N2O2/c1-10(8-11-7-9(13)14)3-5-12(2)6-4-10/h11H,3-8H2,1-2H3,(H,13,14). The minimum Gasteiger partial charge on any atom is -0.480 e. The molecule has 4 heteroatoms. The zero-order valence-corrected chi connectivity index (χ0v) is 9.05. The zero-order valence-electron chi connectivity index (χ0n) is 9.05. The van der Waals surface area contributed by atoms with Crippen LogP contribution in [0.3, 0.4) is 0 Å². The molecule has 0 bridgehead atoms. The normalized spacial score (nSPS) is 22.1. The van der Waals surface area contributed by atoms with Crippen LogP contribution in [-0.4, -0.2) is 49.2 Å². The van der Waals surface area contributed by atoms with E-state index in [0.717, 1.165) is 32.5 Å². The average molecular weight is 200 g/mol. The molecule has 82 valence electrons. The van der Waals surface area contributed by atoms with E-state index in [-0.39, 0.29) is 12.0 Å². The third-order valence-corrected chi connectivity index (χ3v) is 3.02. The van der Waals surface area contributed by atoms with Gasteiger partial charge >= 0.3 is 5.97 Å². The molecule has 1 aliphatic rings. The van der Waals surface area contributed by atoms with Crippen LogP contribution < -0.4 is 5.32 Å². The molecule has 0 spiro atoms. The highest BCUT2D eigenvalue weighted by Crippen LogP contribution is 2.29. The van der Waals surface area contributed by atoms with Gasteiger partial charge in [-0.2, -0.15) is 0 Å². The number of carboxylic acid groups (broad SMARTS) is 1. The maximum absolute atomic E-state index is 10.3. The number of nitrogens with one attached hydrogen (secondary N) is 1. The molecule has 1 saturated heterocycles. The first-order valence-corrected chi connectivity index (χ1v) is 5.13. The predicted molar refractivity (Wildman–Crippen MR) is 55.3 cm³/mol. The minimum absolute atomic E-state index is 0.0748. The molecule has 0 amide bonds. The smallest absolute Gasteiger partial charge is 0.317 e. The Morgan fingerprint density at radius 1 is 1.50 bits per heavy atom. The maximum atomic E-state index is 10.3. The van der Waals surface area contributed by atoms with E-state index in [1.54, 1.807) is 0 Å². The van der Waals surface area contributed by atoms with E-state index >= 15 is 0 Å². The molecule has 0 aromatic rings. The fourth-order valence-corrected chi connectivity index (χ4v) is 1.81. The Morgan fingerprint density at radius 2 is 2.07 bits per heavy atom. The van der Waals surface area contributed by atoms with Gasteiger partial charge in [0.25, 0.3) is 0 Å². The highest BCUT2D eigenvalue weighted by Gasteiger charge is 2.28. The van der Waals surface area contributed by atoms with Crippen molar-refractivity contribution < 1.29 is 9.90 Å². The van der Waals surface area contributed by atoms with E-state index in [1.807, 2.05) is 0 Å². The molecule has 0 saturated carbocycles. The molecular formula is C10H20N2O2. The summed E-state index contributed by atoms with van der Waals surface area (Å²) in [4.78, 5) is 12.6. The SMILES string of the molecule is CN1CCC(C)(CNCC(=O)O)CC1. The van der Waals surface area contributed by atoms with Gasteiger partial charge in [0.1, 0.15) is 0 Å². The lowest BCUT2D eigenvalue weighted by Gasteiger charge is -2.37. The lowest BCUT2D eigenvalue weighted by Crippen LogP contribution is -2.43. The quantitative estimate of drug-likeness (QED) is 0.689. The molecule has 0 atom stereocenters. The first-order valence-electron chi connectivity index (χ1n) is 5.13. The number of rotatable bonds is 4. The van der Waals surface area contributed by atoms with Crippen LogP contribution in [0.5, 0.6) is 0 Å². The van der Waals surface area contributed by atoms with Gasteiger partial charge in [-0.3, -0.25) is 4.79 Å². The minimum atomic E-state index is -0.776. The molecule has 14 heavy (non-hydrogen) atoms. The van der Waals surface area contributed by atoms with Gasteiger partial charge in [0.2, 0.25) is 0 Å². The monoisotopic (exact) mass is 200 g/mol. The van der Waals surface area contributed by atoms with Crippen molar-refractivity contribution in [3.8, 4) is 0 Å². The molecule has 0 aromatic heterocycles. The highest BCUT2D eigenvalue weighted by molar-refractivity contribution is 5.68. The third-order valence-electron chi connectivity index (χ3n) is 3.02. The number of aliphatic carboxylic acids is 1. The summed E-state index contributed by atoms with van der Waals surface area (Å²) in [5.74, 6) is -0.776. The van der Waals surface area contributed by atoms with E-state index in [9.17, 15) is 4.79 Å². The Bertz CT molecular complexity index is 198. The topological polar surface area (TPSA) is 52.6 Å². The van der Waals surface area contributed by atoms with Gasteiger partial charge < -0.3 is 15.3 Å². The third kappa shape index (κ3) is 3.64. The summed E-state index contributed by atoms with van der Waals surface area (Å²) < 4.78 is 0. The first-order chi connectivity index (χ1) is 6.52. The van der Waals surface area contributed by atoms with E-state index < -0.39 is 5.97 Å². The summed E-state index contributed by atoms with van der Waals surface area (Å²) in [7, 11) is 2.13. The number of nitrogens with zero attached hydrogens (tertiary/aromatic N) is 1.